The molecule has 3 unspecified atom stereocenters. The van der Waals surface area contributed by atoms with E-state index < -0.39 is 0 Å². The highest BCUT2D eigenvalue weighted by Crippen LogP contribution is 2.35. The Morgan fingerprint density at radius 1 is 1.39 bits per heavy atom. The zero-order valence-corrected chi connectivity index (χ0v) is 12.7. The molecule has 3 N–H and O–H groups in total. The lowest BCUT2D eigenvalue weighted by Gasteiger charge is -2.32. The second-order valence-corrected chi connectivity index (χ2v) is 6.73. The molecule has 108 valence electrons. The molecule has 1 aliphatic carbocycles. The number of aliphatic hydroxyl groups is 1. The van der Waals surface area contributed by atoms with E-state index in [1.54, 1.807) is 0 Å². The molecule has 1 fully saturated rings. The van der Waals surface area contributed by atoms with Crippen LogP contribution in [0.1, 0.15) is 52.9 Å². The minimum atomic E-state index is -0.303. The first-order chi connectivity index (χ1) is 8.39. The standard InChI is InChI=1S/C15H32N2O/c1-12(2)10-13(3)17(4)9-7-14-6-5-8-15(14,16)11-18/h12-14,18H,5-11,16H2,1-4H3. The fourth-order valence-corrected chi connectivity index (χ4v) is 3.25. The highest BCUT2D eigenvalue weighted by molar-refractivity contribution is 4.96. The molecule has 0 aromatic carbocycles. The van der Waals surface area contributed by atoms with Crippen LogP contribution in [0.2, 0.25) is 0 Å². The molecule has 1 saturated carbocycles. The molecule has 1 rings (SSSR count). The van der Waals surface area contributed by atoms with Gasteiger partial charge in [-0.1, -0.05) is 20.3 Å². The fraction of sp³-hybridized carbons (Fsp3) is 1.00. The van der Waals surface area contributed by atoms with E-state index in [0.29, 0.717) is 12.0 Å². The second-order valence-electron chi connectivity index (χ2n) is 6.73. The monoisotopic (exact) mass is 256 g/mol. The fourth-order valence-electron chi connectivity index (χ4n) is 3.25. The molecule has 3 nitrogen and oxygen atoms in total. The van der Waals surface area contributed by atoms with E-state index in [1.807, 2.05) is 0 Å². The summed E-state index contributed by atoms with van der Waals surface area (Å²) in [6.45, 7) is 8.09. The first kappa shape index (κ1) is 15.9. The van der Waals surface area contributed by atoms with E-state index in [0.717, 1.165) is 25.3 Å². The molecule has 0 amide bonds. The topological polar surface area (TPSA) is 49.5 Å². The molecule has 0 spiro atoms. The molecular formula is C15H32N2O. The zero-order valence-electron chi connectivity index (χ0n) is 12.7. The minimum Gasteiger partial charge on any atom is -0.394 e. The number of aliphatic hydroxyl groups excluding tert-OH is 1. The quantitative estimate of drug-likeness (QED) is 0.734. The highest BCUT2D eigenvalue weighted by atomic mass is 16.3. The van der Waals surface area contributed by atoms with Crippen LogP contribution in [0.3, 0.4) is 0 Å². The van der Waals surface area contributed by atoms with E-state index >= 15 is 0 Å². The maximum absolute atomic E-state index is 9.45. The average molecular weight is 256 g/mol. The van der Waals surface area contributed by atoms with Gasteiger partial charge in [-0.05, 0) is 58.0 Å². The van der Waals surface area contributed by atoms with Crippen LogP contribution in [-0.4, -0.2) is 41.8 Å². The molecule has 0 heterocycles. The van der Waals surface area contributed by atoms with E-state index in [2.05, 4.69) is 32.7 Å². The summed E-state index contributed by atoms with van der Waals surface area (Å²) in [5, 5.41) is 9.45. The van der Waals surface area contributed by atoms with Crippen molar-refractivity contribution in [3.63, 3.8) is 0 Å². The van der Waals surface area contributed by atoms with Crippen molar-refractivity contribution in [3.05, 3.63) is 0 Å². The average Bonchev–Trinajstić information content (AvgIpc) is 2.67. The third-order valence-corrected chi connectivity index (χ3v) is 4.70. The predicted molar refractivity (Wildman–Crippen MR) is 77.5 cm³/mol. The molecule has 0 bridgehead atoms. The van der Waals surface area contributed by atoms with Crippen LogP contribution < -0.4 is 5.73 Å². The number of nitrogens with zero attached hydrogens (tertiary/aromatic N) is 1. The van der Waals surface area contributed by atoms with Crippen molar-refractivity contribution in [1.82, 2.24) is 4.90 Å². The van der Waals surface area contributed by atoms with Crippen molar-refractivity contribution in [2.45, 2.75) is 64.5 Å². The predicted octanol–water partition coefficient (Wildman–Crippen LogP) is 2.23. The van der Waals surface area contributed by atoms with Gasteiger partial charge in [0.05, 0.1) is 6.61 Å². The molecular weight excluding hydrogens is 224 g/mol. The maximum atomic E-state index is 9.45. The van der Waals surface area contributed by atoms with Crippen molar-refractivity contribution in [3.8, 4) is 0 Å². The summed E-state index contributed by atoms with van der Waals surface area (Å²) < 4.78 is 0. The second kappa shape index (κ2) is 6.88. The van der Waals surface area contributed by atoms with Crippen molar-refractivity contribution < 1.29 is 5.11 Å². The van der Waals surface area contributed by atoms with Crippen LogP contribution in [0.15, 0.2) is 0 Å². The Balaban J connectivity index is 2.36. The first-order valence-electron chi connectivity index (χ1n) is 7.49. The van der Waals surface area contributed by atoms with E-state index in [4.69, 9.17) is 5.73 Å². The van der Waals surface area contributed by atoms with Crippen molar-refractivity contribution in [1.29, 1.82) is 0 Å². The molecule has 1 aliphatic rings. The first-order valence-corrected chi connectivity index (χ1v) is 7.49. The lowest BCUT2D eigenvalue weighted by atomic mass is 9.86. The van der Waals surface area contributed by atoms with Gasteiger partial charge in [0.25, 0.3) is 0 Å². The van der Waals surface area contributed by atoms with Crippen molar-refractivity contribution in [2.75, 3.05) is 20.2 Å². The van der Waals surface area contributed by atoms with Crippen LogP contribution in [0.5, 0.6) is 0 Å². The van der Waals surface area contributed by atoms with E-state index in [9.17, 15) is 5.11 Å². The van der Waals surface area contributed by atoms with Crippen LogP contribution >= 0.6 is 0 Å². The number of hydrogen-bond acceptors (Lipinski definition) is 3. The molecule has 0 aromatic heterocycles. The van der Waals surface area contributed by atoms with Gasteiger partial charge in [-0.15, -0.1) is 0 Å². The number of rotatable bonds is 7. The van der Waals surface area contributed by atoms with Crippen molar-refractivity contribution in [2.24, 2.45) is 17.6 Å². The number of nitrogens with two attached hydrogens (primary N) is 1. The zero-order chi connectivity index (χ0) is 13.8. The summed E-state index contributed by atoms with van der Waals surface area (Å²) >= 11 is 0. The Morgan fingerprint density at radius 2 is 2.06 bits per heavy atom. The Labute approximate surface area is 113 Å². The normalized spacial score (nSPS) is 30.3. The third-order valence-electron chi connectivity index (χ3n) is 4.70. The van der Waals surface area contributed by atoms with Crippen LogP contribution in [0.4, 0.5) is 0 Å². The molecule has 0 aliphatic heterocycles. The molecule has 0 aromatic rings. The summed E-state index contributed by atoms with van der Waals surface area (Å²) in [5.74, 6) is 1.25. The molecule has 0 radical (unpaired) electrons. The Kier molecular flexibility index (Phi) is 6.09. The SMILES string of the molecule is CC(C)CC(C)N(C)CCC1CCCC1(N)CO. The Hall–Kier alpha value is -0.120. The van der Waals surface area contributed by atoms with Gasteiger partial charge in [-0.2, -0.15) is 0 Å². The van der Waals surface area contributed by atoms with Gasteiger partial charge in [0.15, 0.2) is 0 Å². The smallest absolute Gasteiger partial charge is 0.0613 e. The summed E-state index contributed by atoms with van der Waals surface area (Å²) in [4.78, 5) is 2.44. The maximum Gasteiger partial charge on any atom is 0.0613 e. The van der Waals surface area contributed by atoms with Crippen LogP contribution in [0.25, 0.3) is 0 Å². The van der Waals surface area contributed by atoms with E-state index in [-0.39, 0.29) is 12.1 Å². The number of hydrogen-bond donors (Lipinski definition) is 2. The summed E-state index contributed by atoms with van der Waals surface area (Å²) in [6.07, 6.45) is 5.71. The van der Waals surface area contributed by atoms with Gasteiger partial charge >= 0.3 is 0 Å². The lowest BCUT2D eigenvalue weighted by molar-refractivity contribution is 0.139. The summed E-state index contributed by atoms with van der Waals surface area (Å²) in [6, 6.07) is 0.632. The molecule has 18 heavy (non-hydrogen) atoms. The Bertz CT molecular complexity index is 245. The van der Waals surface area contributed by atoms with Gasteiger partial charge in [0, 0.05) is 11.6 Å². The molecule has 3 heteroatoms. The van der Waals surface area contributed by atoms with Gasteiger partial charge in [-0.25, -0.2) is 0 Å². The van der Waals surface area contributed by atoms with Crippen LogP contribution in [0, 0.1) is 11.8 Å². The van der Waals surface area contributed by atoms with E-state index in [1.165, 1.54) is 19.3 Å². The van der Waals surface area contributed by atoms with Gasteiger partial charge < -0.3 is 15.7 Å². The van der Waals surface area contributed by atoms with Crippen LogP contribution in [-0.2, 0) is 0 Å². The highest BCUT2D eigenvalue weighted by Gasteiger charge is 2.38. The van der Waals surface area contributed by atoms with Crippen molar-refractivity contribution >= 4 is 0 Å². The van der Waals surface area contributed by atoms with Gasteiger partial charge in [0.1, 0.15) is 0 Å². The van der Waals surface area contributed by atoms with Gasteiger partial charge in [-0.3, -0.25) is 0 Å². The Morgan fingerprint density at radius 3 is 2.61 bits per heavy atom. The molecule has 0 saturated heterocycles. The molecule has 3 atom stereocenters. The largest absolute Gasteiger partial charge is 0.394 e. The van der Waals surface area contributed by atoms with Gasteiger partial charge in [0.2, 0.25) is 0 Å². The minimum absolute atomic E-state index is 0.142. The lowest BCUT2D eigenvalue weighted by Crippen LogP contribution is -2.48. The summed E-state index contributed by atoms with van der Waals surface area (Å²) in [5.41, 5.74) is 5.97. The summed E-state index contributed by atoms with van der Waals surface area (Å²) in [7, 11) is 2.21. The third kappa shape index (κ3) is 4.22.